The van der Waals surface area contributed by atoms with Crippen LogP contribution in [0.4, 0.5) is 0 Å². The van der Waals surface area contributed by atoms with Crippen LogP contribution in [0.5, 0.6) is 5.75 Å². The Morgan fingerprint density at radius 3 is 2.67 bits per heavy atom. The molecule has 0 radical (unpaired) electrons. The van der Waals surface area contributed by atoms with Crippen molar-refractivity contribution in [3.05, 3.63) is 29.8 Å². The molecule has 0 bridgehead atoms. The van der Waals surface area contributed by atoms with Crippen LogP contribution < -0.4 is 10.1 Å². The van der Waals surface area contributed by atoms with Crippen molar-refractivity contribution in [2.75, 3.05) is 13.2 Å². The maximum absolute atomic E-state index is 5.67. The van der Waals surface area contributed by atoms with Crippen LogP contribution in [0.15, 0.2) is 24.3 Å². The van der Waals surface area contributed by atoms with E-state index in [1.807, 2.05) is 32.9 Å². The van der Waals surface area contributed by atoms with Gasteiger partial charge in [0.05, 0.1) is 12.7 Å². The SMILES string of the molecule is CCOCC(C)NCc1cccc(OC(C)C)c1. The highest BCUT2D eigenvalue weighted by atomic mass is 16.5. The molecule has 1 atom stereocenters. The predicted molar refractivity (Wildman–Crippen MR) is 75.0 cm³/mol. The Balaban J connectivity index is 2.42. The molecule has 0 amide bonds. The molecule has 0 aliphatic rings. The van der Waals surface area contributed by atoms with E-state index in [0.29, 0.717) is 6.04 Å². The summed E-state index contributed by atoms with van der Waals surface area (Å²) in [5.74, 6) is 0.932. The number of benzene rings is 1. The van der Waals surface area contributed by atoms with E-state index in [-0.39, 0.29) is 6.10 Å². The summed E-state index contributed by atoms with van der Waals surface area (Å²) in [7, 11) is 0. The molecule has 3 heteroatoms. The third-order valence-corrected chi connectivity index (χ3v) is 2.50. The average Bonchev–Trinajstić information content (AvgIpc) is 2.33. The summed E-state index contributed by atoms with van der Waals surface area (Å²) in [5.41, 5.74) is 1.23. The van der Waals surface area contributed by atoms with Crippen LogP contribution in [0.25, 0.3) is 0 Å². The molecule has 0 aliphatic heterocycles. The quantitative estimate of drug-likeness (QED) is 0.770. The Kier molecular flexibility index (Phi) is 6.76. The summed E-state index contributed by atoms with van der Waals surface area (Å²) in [4.78, 5) is 0. The van der Waals surface area contributed by atoms with Crippen molar-refractivity contribution in [1.82, 2.24) is 5.32 Å². The zero-order valence-electron chi connectivity index (χ0n) is 11.9. The summed E-state index contributed by atoms with van der Waals surface area (Å²) < 4.78 is 11.0. The zero-order valence-corrected chi connectivity index (χ0v) is 11.9. The van der Waals surface area contributed by atoms with Gasteiger partial charge in [0.1, 0.15) is 5.75 Å². The minimum absolute atomic E-state index is 0.213. The molecule has 0 fully saturated rings. The minimum Gasteiger partial charge on any atom is -0.491 e. The minimum atomic E-state index is 0.213. The molecule has 1 aromatic rings. The van der Waals surface area contributed by atoms with Gasteiger partial charge in [-0.2, -0.15) is 0 Å². The maximum Gasteiger partial charge on any atom is 0.120 e. The first-order valence-corrected chi connectivity index (χ1v) is 6.68. The van der Waals surface area contributed by atoms with Crippen molar-refractivity contribution in [2.24, 2.45) is 0 Å². The van der Waals surface area contributed by atoms with E-state index in [4.69, 9.17) is 9.47 Å². The second-order valence-electron chi connectivity index (χ2n) is 4.76. The molecular weight excluding hydrogens is 226 g/mol. The van der Waals surface area contributed by atoms with E-state index in [2.05, 4.69) is 24.4 Å². The van der Waals surface area contributed by atoms with Crippen LogP contribution in [0.2, 0.25) is 0 Å². The largest absolute Gasteiger partial charge is 0.491 e. The normalized spacial score (nSPS) is 12.7. The fourth-order valence-electron chi connectivity index (χ4n) is 1.65. The molecule has 1 aromatic carbocycles. The first kappa shape index (κ1) is 15.0. The summed E-state index contributed by atoms with van der Waals surface area (Å²) in [5, 5.41) is 3.43. The predicted octanol–water partition coefficient (Wildman–Crippen LogP) is 2.99. The van der Waals surface area contributed by atoms with Crippen molar-refractivity contribution in [1.29, 1.82) is 0 Å². The lowest BCUT2D eigenvalue weighted by Gasteiger charge is -2.15. The lowest BCUT2D eigenvalue weighted by Crippen LogP contribution is -2.30. The van der Waals surface area contributed by atoms with E-state index in [1.54, 1.807) is 0 Å². The molecule has 0 spiro atoms. The molecule has 1 rings (SSSR count). The summed E-state index contributed by atoms with van der Waals surface area (Å²) in [6, 6.07) is 8.57. The van der Waals surface area contributed by atoms with Gasteiger partial charge in [-0.3, -0.25) is 0 Å². The fraction of sp³-hybridized carbons (Fsp3) is 0.600. The van der Waals surface area contributed by atoms with Crippen LogP contribution in [0.3, 0.4) is 0 Å². The molecule has 0 saturated heterocycles. The second-order valence-corrected chi connectivity index (χ2v) is 4.76. The van der Waals surface area contributed by atoms with Crippen molar-refractivity contribution >= 4 is 0 Å². The molecular formula is C15H25NO2. The molecule has 3 nitrogen and oxygen atoms in total. The lowest BCUT2D eigenvalue weighted by atomic mass is 10.2. The van der Waals surface area contributed by atoms with Gasteiger partial charge < -0.3 is 14.8 Å². The third-order valence-electron chi connectivity index (χ3n) is 2.50. The van der Waals surface area contributed by atoms with E-state index in [9.17, 15) is 0 Å². The lowest BCUT2D eigenvalue weighted by molar-refractivity contribution is 0.127. The molecule has 18 heavy (non-hydrogen) atoms. The first-order valence-electron chi connectivity index (χ1n) is 6.68. The highest BCUT2D eigenvalue weighted by Gasteiger charge is 2.03. The van der Waals surface area contributed by atoms with Gasteiger partial charge in [0.2, 0.25) is 0 Å². The standard InChI is InChI=1S/C15H25NO2/c1-5-17-11-13(4)16-10-14-7-6-8-15(9-14)18-12(2)3/h6-9,12-13,16H,5,10-11H2,1-4H3. The Morgan fingerprint density at radius 2 is 2.00 bits per heavy atom. The number of hydrogen-bond acceptors (Lipinski definition) is 3. The molecule has 0 heterocycles. The Bertz CT molecular complexity index is 339. The van der Waals surface area contributed by atoms with Crippen LogP contribution in [0.1, 0.15) is 33.3 Å². The highest BCUT2D eigenvalue weighted by molar-refractivity contribution is 5.28. The molecule has 0 aromatic heterocycles. The number of rotatable bonds is 8. The smallest absolute Gasteiger partial charge is 0.120 e. The molecule has 0 saturated carbocycles. The number of hydrogen-bond donors (Lipinski definition) is 1. The second kappa shape index (κ2) is 8.11. The summed E-state index contributed by atoms with van der Waals surface area (Å²) in [6.45, 7) is 10.6. The summed E-state index contributed by atoms with van der Waals surface area (Å²) in [6.07, 6.45) is 0.213. The van der Waals surface area contributed by atoms with Crippen molar-refractivity contribution in [2.45, 2.75) is 46.4 Å². The topological polar surface area (TPSA) is 30.5 Å². The van der Waals surface area contributed by atoms with E-state index >= 15 is 0 Å². The van der Waals surface area contributed by atoms with Gasteiger partial charge in [-0.05, 0) is 45.4 Å². The number of ether oxygens (including phenoxy) is 2. The van der Waals surface area contributed by atoms with Crippen LogP contribution in [-0.2, 0) is 11.3 Å². The molecule has 102 valence electrons. The van der Waals surface area contributed by atoms with Gasteiger partial charge in [-0.15, -0.1) is 0 Å². The Hall–Kier alpha value is -1.06. The van der Waals surface area contributed by atoms with Crippen LogP contribution in [0, 0.1) is 0 Å². The van der Waals surface area contributed by atoms with Gasteiger partial charge in [0, 0.05) is 19.2 Å². The van der Waals surface area contributed by atoms with Gasteiger partial charge in [0.15, 0.2) is 0 Å². The van der Waals surface area contributed by atoms with Crippen LogP contribution in [-0.4, -0.2) is 25.4 Å². The van der Waals surface area contributed by atoms with Crippen molar-refractivity contribution in [3.8, 4) is 5.75 Å². The van der Waals surface area contributed by atoms with Crippen molar-refractivity contribution < 1.29 is 9.47 Å². The highest BCUT2D eigenvalue weighted by Crippen LogP contribution is 2.14. The fourth-order valence-corrected chi connectivity index (χ4v) is 1.65. The van der Waals surface area contributed by atoms with E-state index in [0.717, 1.165) is 25.5 Å². The van der Waals surface area contributed by atoms with Gasteiger partial charge in [0.25, 0.3) is 0 Å². The summed E-state index contributed by atoms with van der Waals surface area (Å²) >= 11 is 0. The zero-order chi connectivity index (χ0) is 13.4. The Morgan fingerprint density at radius 1 is 1.22 bits per heavy atom. The van der Waals surface area contributed by atoms with Gasteiger partial charge in [-0.25, -0.2) is 0 Å². The average molecular weight is 251 g/mol. The monoisotopic (exact) mass is 251 g/mol. The first-order chi connectivity index (χ1) is 8.61. The van der Waals surface area contributed by atoms with Crippen LogP contribution >= 0.6 is 0 Å². The maximum atomic E-state index is 5.67. The van der Waals surface area contributed by atoms with E-state index < -0.39 is 0 Å². The molecule has 0 aliphatic carbocycles. The van der Waals surface area contributed by atoms with Gasteiger partial charge >= 0.3 is 0 Å². The molecule has 1 N–H and O–H groups in total. The van der Waals surface area contributed by atoms with E-state index in [1.165, 1.54) is 5.56 Å². The Labute approximate surface area is 110 Å². The molecule has 1 unspecified atom stereocenters. The van der Waals surface area contributed by atoms with Crippen molar-refractivity contribution in [3.63, 3.8) is 0 Å². The third kappa shape index (κ3) is 6.03. The van der Waals surface area contributed by atoms with Gasteiger partial charge in [-0.1, -0.05) is 12.1 Å². The number of nitrogens with one attached hydrogen (secondary N) is 1.